The van der Waals surface area contributed by atoms with Gasteiger partial charge in [0.2, 0.25) is 0 Å². The number of nitrogens with one attached hydrogen (secondary N) is 1. The number of thiocarbonyl (C=S) groups is 1. The standard InChI is InChI=1S/C20H21N5S/c1-2-13-25-19(18(23-20(25)26)16-6-3-4-10-22-16)17-7-5-14-24(17)15-8-11-21-12-9-15/h3-12,14,18-19H,2,13H2,1H3,(H,23,26)/t18-,19-/m0/s1. The van der Waals surface area contributed by atoms with E-state index in [0.717, 1.165) is 29.5 Å². The lowest BCUT2D eigenvalue weighted by Crippen LogP contribution is -2.31. The molecule has 2 atom stereocenters. The second-order valence-electron chi connectivity index (χ2n) is 6.33. The van der Waals surface area contributed by atoms with Crippen LogP contribution in [0.1, 0.15) is 36.8 Å². The number of hydrogen-bond donors (Lipinski definition) is 1. The van der Waals surface area contributed by atoms with E-state index in [2.05, 4.69) is 56.1 Å². The molecule has 1 fully saturated rings. The summed E-state index contributed by atoms with van der Waals surface area (Å²) in [6, 6.07) is 14.4. The Balaban J connectivity index is 1.81. The summed E-state index contributed by atoms with van der Waals surface area (Å²) in [4.78, 5) is 11.0. The van der Waals surface area contributed by atoms with Crippen LogP contribution >= 0.6 is 12.2 Å². The van der Waals surface area contributed by atoms with E-state index in [-0.39, 0.29) is 12.1 Å². The maximum atomic E-state index is 5.66. The second kappa shape index (κ2) is 7.25. The van der Waals surface area contributed by atoms with Crippen molar-refractivity contribution in [2.75, 3.05) is 6.54 Å². The van der Waals surface area contributed by atoms with Crippen LogP contribution in [0.5, 0.6) is 0 Å². The van der Waals surface area contributed by atoms with Crippen molar-refractivity contribution in [2.45, 2.75) is 25.4 Å². The molecule has 1 aliphatic heterocycles. The molecule has 5 nitrogen and oxygen atoms in total. The molecule has 1 aliphatic rings. The van der Waals surface area contributed by atoms with Gasteiger partial charge in [-0.15, -0.1) is 0 Å². The maximum absolute atomic E-state index is 5.66. The van der Waals surface area contributed by atoms with Crippen LogP contribution < -0.4 is 5.32 Å². The van der Waals surface area contributed by atoms with Gasteiger partial charge in [0.1, 0.15) is 0 Å². The summed E-state index contributed by atoms with van der Waals surface area (Å²) >= 11 is 5.66. The predicted molar refractivity (Wildman–Crippen MR) is 106 cm³/mol. The fraction of sp³-hybridized carbons (Fsp3) is 0.250. The van der Waals surface area contributed by atoms with Gasteiger partial charge in [0.15, 0.2) is 5.11 Å². The number of nitrogens with zero attached hydrogens (tertiary/aromatic N) is 4. The Kier molecular flexibility index (Phi) is 4.67. The third-order valence-corrected chi connectivity index (χ3v) is 5.04. The highest BCUT2D eigenvalue weighted by Gasteiger charge is 2.40. The molecule has 6 heteroatoms. The first-order valence-electron chi connectivity index (χ1n) is 8.85. The molecule has 0 aromatic carbocycles. The van der Waals surface area contributed by atoms with Crippen LogP contribution in [0.4, 0.5) is 0 Å². The van der Waals surface area contributed by atoms with Crippen molar-refractivity contribution in [1.29, 1.82) is 0 Å². The average molecular weight is 363 g/mol. The predicted octanol–water partition coefficient (Wildman–Crippen LogP) is 3.65. The Morgan fingerprint density at radius 2 is 1.92 bits per heavy atom. The van der Waals surface area contributed by atoms with E-state index < -0.39 is 0 Å². The molecule has 0 unspecified atom stereocenters. The second-order valence-corrected chi connectivity index (χ2v) is 6.72. The van der Waals surface area contributed by atoms with E-state index in [9.17, 15) is 0 Å². The molecule has 0 bridgehead atoms. The lowest BCUT2D eigenvalue weighted by Gasteiger charge is -2.28. The van der Waals surface area contributed by atoms with Crippen LogP contribution in [-0.4, -0.2) is 31.1 Å². The monoisotopic (exact) mass is 363 g/mol. The van der Waals surface area contributed by atoms with Gasteiger partial charge < -0.3 is 14.8 Å². The topological polar surface area (TPSA) is 46.0 Å². The lowest BCUT2D eigenvalue weighted by molar-refractivity contribution is 0.309. The van der Waals surface area contributed by atoms with Gasteiger partial charge >= 0.3 is 0 Å². The average Bonchev–Trinajstić information content (AvgIpc) is 3.28. The van der Waals surface area contributed by atoms with Crippen LogP contribution in [0.3, 0.4) is 0 Å². The molecule has 0 spiro atoms. The molecule has 3 aromatic heterocycles. The summed E-state index contributed by atoms with van der Waals surface area (Å²) < 4.78 is 2.21. The highest BCUT2D eigenvalue weighted by molar-refractivity contribution is 7.80. The van der Waals surface area contributed by atoms with Crippen molar-refractivity contribution >= 4 is 17.3 Å². The molecule has 0 saturated carbocycles. The van der Waals surface area contributed by atoms with Crippen LogP contribution in [0, 0.1) is 0 Å². The first-order chi connectivity index (χ1) is 12.8. The highest BCUT2D eigenvalue weighted by atomic mass is 32.1. The smallest absolute Gasteiger partial charge is 0.170 e. The summed E-state index contributed by atoms with van der Waals surface area (Å²) in [6.45, 7) is 3.08. The number of hydrogen-bond acceptors (Lipinski definition) is 3. The van der Waals surface area contributed by atoms with E-state index in [1.165, 1.54) is 5.69 Å². The SMILES string of the molecule is CCCN1C(=S)N[C@@H](c2ccccn2)[C@@H]1c1cccn1-c1ccncc1. The Morgan fingerprint density at radius 1 is 1.08 bits per heavy atom. The van der Waals surface area contributed by atoms with Crippen molar-refractivity contribution in [1.82, 2.24) is 24.8 Å². The number of rotatable bonds is 5. The van der Waals surface area contributed by atoms with Gasteiger partial charge in [0, 0.05) is 42.7 Å². The van der Waals surface area contributed by atoms with E-state index in [0.29, 0.717) is 0 Å². The molecule has 26 heavy (non-hydrogen) atoms. The highest BCUT2D eigenvalue weighted by Crippen LogP contribution is 2.39. The summed E-state index contributed by atoms with van der Waals surface area (Å²) in [5.41, 5.74) is 3.28. The molecule has 132 valence electrons. The Morgan fingerprint density at radius 3 is 2.65 bits per heavy atom. The van der Waals surface area contributed by atoms with Crippen molar-refractivity contribution in [3.05, 3.63) is 78.6 Å². The van der Waals surface area contributed by atoms with Crippen molar-refractivity contribution in [3.63, 3.8) is 0 Å². The van der Waals surface area contributed by atoms with Crippen molar-refractivity contribution in [3.8, 4) is 5.69 Å². The zero-order valence-corrected chi connectivity index (χ0v) is 15.4. The fourth-order valence-electron chi connectivity index (χ4n) is 3.58. The summed E-state index contributed by atoms with van der Waals surface area (Å²) in [6.07, 6.45) is 8.59. The van der Waals surface area contributed by atoms with Crippen LogP contribution in [-0.2, 0) is 0 Å². The first kappa shape index (κ1) is 16.7. The zero-order chi connectivity index (χ0) is 17.9. The molecular formula is C20H21N5S. The largest absolute Gasteiger partial charge is 0.352 e. The third-order valence-electron chi connectivity index (χ3n) is 4.69. The summed E-state index contributed by atoms with van der Waals surface area (Å²) in [5, 5.41) is 4.28. The fourth-order valence-corrected chi connectivity index (χ4v) is 3.92. The molecule has 1 N–H and O–H groups in total. The minimum atomic E-state index is 0.0192. The van der Waals surface area contributed by atoms with Gasteiger partial charge in [-0.1, -0.05) is 13.0 Å². The lowest BCUT2D eigenvalue weighted by atomic mass is 10.0. The molecule has 0 amide bonds. The normalized spacial score (nSPS) is 19.6. The molecule has 0 radical (unpaired) electrons. The van der Waals surface area contributed by atoms with Gasteiger partial charge in [-0.3, -0.25) is 9.97 Å². The summed E-state index contributed by atoms with van der Waals surface area (Å²) in [7, 11) is 0. The minimum absolute atomic E-state index is 0.0192. The Labute approximate surface area is 158 Å². The van der Waals surface area contributed by atoms with Gasteiger partial charge in [-0.05, 0) is 55.0 Å². The molecule has 4 rings (SSSR count). The van der Waals surface area contributed by atoms with E-state index in [1.54, 1.807) is 0 Å². The minimum Gasteiger partial charge on any atom is -0.352 e. The molecule has 4 heterocycles. The van der Waals surface area contributed by atoms with E-state index in [1.807, 2.05) is 42.9 Å². The van der Waals surface area contributed by atoms with Crippen molar-refractivity contribution in [2.24, 2.45) is 0 Å². The third kappa shape index (κ3) is 2.97. The van der Waals surface area contributed by atoms with Crippen LogP contribution in [0.15, 0.2) is 67.3 Å². The Hall–Kier alpha value is -2.73. The number of pyridine rings is 2. The van der Waals surface area contributed by atoms with Gasteiger partial charge in [-0.2, -0.15) is 0 Å². The molecule has 3 aromatic rings. The molecular weight excluding hydrogens is 342 g/mol. The van der Waals surface area contributed by atoms with Gasteiger partial charge in [0.25, 0.3) is 0 Å². The number of aromatic nitrogens is 3. The quantitative estimate of drug-likeness (QED) is 0.701. The Bertz CT molecular complexity index is 877. The van der Waals surface area contributed by atoms with Crippen LogP contribution in [0.25, 0.3) is 5.69 Å². The molecule has 1 saturated heterocycles. The van der Waals surface area contributed by atoms with Gasteiger partial charge in [0.05, 0.1) is 17.8 Å². The van der Waals surface area contributed by atoms with E-state index >= 15 is 0 Å². The van der Waals surface area contributed by atoms with Gasteiger partial charge in [-0.25, -0.2) is 0 Å². The maximum Gasteiger partial charge on any atom is 0.170 e. The van der Waals surface area contributed by atoms with Crippen molar-refractivity contribution < 1.29 is 0 Å². The zero-order valence-electron chi connectivity index (χ0n) is 14.6. The first-order valence-corrected chi connectivity index (χ1v) is 9.26. The van der Waals surface area contributed by atoms with Crippen LogP contribution in [0.2, 0.25) is 0 Å². The summed E-state index contributed by atoms with van der Waals surface area (Å²) in [5.74, 6) is 0. The van der Waals surface area contributed by atoms with E-state index in [4.69, 9.17) is 12.2 Å². The molecule has 0 aliphatic carbocycles.